The molecular weight excluding hydrogens is 452 g/mol. The molecule has 1 aliphatic rings. The number of hydrogen-bond donors (Lipinski definition) is 4. The third-order valence-electron chi connectivity index (χ3n) is 5.86. The summed E-state index contributed by atoms with van der Waals surface area (Å²) < 4.78 is 0. The molecule has 188 valence electrons. The molecule has 0 spiro atoms. The number of nitrogens with two attached hydrogens (primary N) is 1. The van der Waals surface area contributed by atoms with Gasteiger partial charge in [0.2, 0.25) is 17.8 Å². The smallest absolute Gasteiger partial charge is 0.235 e. The standard InChI is InChI=1S/C25H29N9.CH5N/c1-17-7-9-20(10-8-17)26-23-28-24(30-25(29-23)34-13-11-33(3)12-14-34)27-22-16-21(31-32-22)19-6-4-5-18(2)15-19;1-2/h4-10,15-16H,11-14H2,1-3H3,(H3,26,27,28,29,30,31,32);2H2,1H3. The lowest BCUT2D eigenvalue weighted by Crippen LogP contribution is -2.45. The Bertz CT molecular complexity index is 1260. The van der Waals surface area contributed by atoms with Gasteiger partial charge in [-0.1, -0.05) is 41.5 Å². The van der Waals surface area contributed by atoms with Crippen molar-refractivity contribution in [1.82, 2.24) is 30.0 Å². The number of hydrogen-bond acceptors (Lipinski definition) is 9. The van der Waals surface area contributed by atoms with Crippen LogP contribution in [-0.4, -0.2) is 70.3 Å². The monoisotopic (exact) mass is 486 g/mol. The van der Waals surface area contributed by atoms with Gasteiger partial charge in [-0.05, 0) is 51.7 Å². The Kier molecular flexibility index (Phi) is 8.09. The van der Waals surface area contributed by atoms with Gasteiger partial charge < -0.3 is 26.2 Å². The second-order valence-electron chi connectivity index (χ2n) is 8.73. The number of benzene rings is 2. The quantitative estimate of drug-likeness (QED) is 0.323. The molecule has 2 aromatic heterocycles. The number of likely N-dealkylation sites (N-methyl/N-ethyl adjacent to an activating group) is 1. The molecule has 0 bridgehead atoms. The van der Waals surface area contributed by atoms with Gasteiger partial charge in [-0.2, -0.15) is 20.1 Å². The van der Waals surface area contributed by atoms with Crippen molar-refractivity contribution < 1.29 is 0 Å². The highest BCUT2D eigenvalue weighted by molar-refractivity contribution is 5.65. The molecule has 5 rings (SSSR count). The first-order valence-electron chi connectivity index (χ1n) is 12.0. The van der Waals surface area contributed by atoms with Crippen molar-refractivity contribution in [2.45, 2.75) is 13.8 Å². The van der Waals surface area contributed by atoms with E-state index in [1.807, 2.05) is 24.3 Å². The second-order valence-corrected chi connectivity index (χ2v) is 8.73. The van der Waals surface area contributed by atoms with Gasteiger partial charge in [-0.25, -0.2) is 0 Å². The van der Waals surface area contributed by atoms with Gasteiger partial charge in [0.1, 0.15) is 0 Å². The molecule has 5 N–H and O–H groups in total. The Morgan fingerprint density at radius 2 is 1.50 bits per heavy atom. The number of aryl methyl sites for hydroxylation is 2. The molecular formula is C26H34N10. The first kappa shape index (κ1) is 25.1. The maximum atomic E-state index is 4.71. The minimum absolute atomic E-state index is 0.445. The molecule has 4 aromatic rings. The van der Waals surface area contributed by atoms with E-state index in [0.29, 0.717) is 23.7 Å². The number of aromatic nitrogens is 5. The molecule has 10 nitrogen and oxygen atoms in total. The SMILES string of the molecule is CN.Cc1ccc(Nc2nc(Nc3cc(-c4cccc(C)c4)[nH]n3)nc(N3CCN(C)CC3)n2)cc1. The fourth-order valence-corrected chi connectivity index (χ4v) is 3.85. The van der Waals surface area contributed by atoms with E-state index in [9.17, 15) is 0 Å². The average Bonchev–Trinajstić information content (AvgIpc) is 3.35. The largest absolute Gasteiger partial charge is 0.338 e. The maximum Gasteiger partial charge on any atom is 0.235 e. The summed E-state index contributed by atoms with van der Waals surface area (Å²) in [4.78, 5) is 18.5. The van der Waals surface area contributed by atoms with E-state index in [-0.39, 0.29) is 0 Å². The van der Waals surface area contributed by atoms with Crippen molar-refractivity contribution in [2.24, 2.45) is 5.73 Å². The van der Waals surface area contributed by atoms with Crippen LogP contribution in [0.1, 0.15) is 11.1 Å². The fourth-order valence-electron chi connectivity index (χ4n) is 3.85. The van der Waals surface area contributed by atoms with Crippen molar-refractivity contribution in [3.8, 4) is 11.3 Å². The van der Waals surface area contributed by atoms with E-state index in [1.54, 1.807) is 0 Å². The summed E-state index contributed by atoms with van der Waals surface area (Å²) in [5.74, 6) is 2.23. The van der Waals surface area contributed by atoms with Crippen LogP contribution in [0.4, 0.5) is 29.4 Å². The van der Waals surface area contributed by atoms with Crippen LogP contribution < -0.4 is 21.3 Å². The summed E-state index contributed by atoms with van der Waals surface area (Å²) in [5.41, 5.74) is 9.83. The van der Waals surface area contributed by atoms with Crippen LogP contribution in [0.15, 0.2) is 54.6 Å². The normalized spacial score (nSPS) is 13.6. The summed E-state index contributed by atoms with van der Waals surface area (Å²) in [5, 5.41) is 14.1. The molecule has 1 saturated heterocycles. The molecule has 0 unspecified atom stereocenters. The van der Waals surface area contributed by atoms with Gasteiger partial charge in [0.25, 0.3) is 0 Å². The van der Waals surface area contributed by atoms with Crippen molar-refractivity contribution in [1.29, 1.82) is 0 Å². The highest BCUT2D eigenvalue weighted by Crippen LogP contribution is 2.24. The first-order chi connectivity index (χ1) is 17.5. The van der Waals surface area contributed by atoms with Gasteiger partial charge in [-0.3, -0.25) is 5.10 Å². The number of nitrogens with one attached hydrogen (secondary N) is 3. The number of anilines is 5. The maximum absolute atomic E-state index is 4.71. The lowest BCUT2D eigenvalue weighted by Gasteiger charge is -2.32. The highest BCUT2D eigenvalue weighted by Gasteiger charge is 2.19. The van der Waals surface area contributed by atoms with Gasteiger partial charge in [-0.15, -0.1) is 0 Å². The van der Waals surface area contributed by atoms with Crippen molar-refractivity contribution in [3.63, 3.8) is 0 Å². The predicted octanol–water partition coefficient (Wildman–Crippen LogP) is 3.69. The molecule has 0 saturated carbocycles. The van der Waals surface area contributed by atoms with E-state index < -0.39 is 0 Å². The highest BCUT2D eigenvalue weighted by atomic mass is 15.4. The minimum atomic E-state index is 0.445. The molecule has 1 fully saturated rings. The Labute approximate surface area is 212 Å². The molecule has 2 aromatic carbocycles. The third kappa shape index (κ3) is 6.35. The van der Waals surface area contributed by atoms with E-state index in [1.165, 1.54) is 18.2 Å². The molecule has 3 heterocycles. The topological polar surface area (TPSA) is 124 Å². The minimum Gasteiger partial charge on any atom is -0.338 e. The molecule has 0 atom stereocenters. The van der Waals surface area contributed by atoms with Crippen LogP contribution >= 0.6 is 0 Å². The number of rotatable bonds is 6. The second kappa shape index (κ2) is 11.6. The molecule has 0 aliphatic carbocycles. The van der Waals surface area contributed by atoms with Crippen molar-refractivity contribution in [2.75, 3.05) is 55.8 Å². The van der Waals surface area contributed by atoms with Gasteiger partial charge >= 0.3 is 0 Å². The van der Waals surface area contributed by atoms with E-state index in [2.05, 4.69) is 92.6 Å². The summed E-state index contributed by atoms with van der Waals surface area (Å²) in [6.07, 6.45) is 0. The predicted molar refractivity (Wildman–Crippen MR) is 146 cm³/mol. The van der Waals surface area contributed by atoms with Gasteiger partial charge in [0.15, 0.2) is 5.82 Å². The molecule has 0 amide bonds. The number of nitrogens with zero attached hydrogens (tertiary/aromatic N) is 6. The van der Waals surface area contributed by atoms with Crippen LogP contribution in [-0.2, 0) is 0 Å². The van der Waals surface area contributed by atoms with Crippen molar-refractivity contribution in [3.05, 3.63) is 65.7 Å². The van der Waals surface area contributed by atoms with Crippen LogP contribution in [0.3, 0.4) is 0 Å². The number of aromatic amines is 1. The molecule has 10 heteroatoms. The Morgan fingerprint density at radius 1 is 0.806 bits per heavy atom. The van der Waals surface area contributed by atoms with Crippen LogP contribution in [0, 0.1) is 13.8 Å². The average molecular weight is 487 g/mol. The Hall–Kier alpha value is -4.02. The summed E-state index contributed by atoms with van der Waals surface area (Å²) >= 11 is 0. The zero-order valence-corrected chi connectivity index (χ0v) is 21.3. The van der Waals surface area contributed by atoms with Crippen molar-refractivity contribution >= 4 is 29.4 Å². The van der Waals surface area contributed by atoms with E-state index in [0.717, 1.165) is 43.1 Å². The van der Waals surface area contributed by atoms with E-state index in [4.69, 9.17) is 9.97 Å². The fraction of sp³-hybridized carbons (Fsp3) is 0.308. The van der Waals surface area contributed by atoms with Gasteiger partial charge in [0.05, 0.1) is 5.69 Å². The zero-order chi connectivity index (χ0) is 25.5. The summed E-state index contributed by atoms with van der Waals surface area (Å²) in [7, 11) is 3.63. The summed E-state index contributed by atoms with van der Waals surface area (Å²) in [6.45, 7) is 7.80. The zero-order valence-electron chi connectivity index (χ0n) is 21.3. The molecule has 1 aliphatic heterocycles. The van der Waals surface area contributed by atoms with Crippen LogP contribution in [0.5, 0.6) is 0 Å². The van der Waals surface area contributed by atoms with Crippen LogP contribution in [0.25, 0.3) is 11.3 Å². The van der Waals surface area contributed by atoms with Gasteiger partial charge in [0, 0.05) is 37.9 Å². The number of piperazine rings is 1. The Balaban J connectivity index is 0.00000148. The number of H-pyrrole nitrogens is 1. The molecule has 36 heavy (non-hydrogen) atoms. The molecule has 0 radical (unpaired) electrons. The lowest BCUT2D eigenvalue weighted by atomic mass is 10.1. The Morgan fingerprint density at radius 3 is 2.19 bits per heavy atom. The third-order valence-corrected chi connectivity index (χ3v) is 5.86. The lowest BCUT2D eigenvalue weighted by molar-refractivity contribution is 0.311. The summed E-state index contributed by atoms with van der Waals surface area (Å²) in [6, 6.07) is 18.4. The van der Waals surface area contributed by atoms with E-state index >= 15 is 0 Å². The van der Waals surface area contributed by atoms with Crippen LogP contribution in [0.2, 0.25) is 0 Å². The first-order valence-corrected chi connectivity index (χ1v) is 12.0.